The summed E-state index contributed by atoms with van der Waals surface area (Å²) in [6.07, 6.45) is 3.70. The van der Waals surface area contributed by atoms with Crippen molar-refractivity contribution in [3.8, 4) is 0 Å². The van der Waals surface area contributed by atoms with E-state index in [1.165, 1.54) is 24.1 Å². The van der Waals surface area contributed by atoms with E-state index < -0.39 is 0 Å². The number of hydrogen-bond acceptors (Lipinski definition) is 3. The van der Waals surface area contributed by atoms with Crippen LogP contribution in [0, 0.1) is 0 Å². The van der Waals surface area contributed by atoms with Crippen molar-refractivity contribution in [1.29, 1.82) is 0 Å². The zero-order valence-corrected chi connectivity index (χ0v) is 8.45. The third kappa shape index (κ3) is 0.925. The molecular weight excluding hydrogens is 176 g/mol. The van der Waals surface area contributed by atoms with Gasteiger partial charge in [-0.05, 0) is 19.9 Å². The summed E-state index contributed by atoms with van der Waals surface area (Å²) in [5, 5.41) is 7.43. The highest BCUT2D eigenvalue weighted by Gasteiger charge is 2.39. The Bertz CT molecular complexity index is 357. The maximum Gasteiger partial charge on any atom is 0.0808 e. The van der Waals surface area contributed by atoms with Gasteiger partial charge in [0.2, 0.25) is 0 Å². The fraction of sp³-hybridized carbons (Fsp3) is 0.700. The number of aromatic amines is 1. The molecular formula is C10H16N4. The maximum atomic E-state index is 5.69. The lowest BCUT2D eigenvalue weighted by Crippen LogP contribution is -2.34. The molecule has 0 spiro atoms. The Hall–Kier alpha value is -0.870. The van der Waals surface area contributed by atoms with E-state index in [9.17, 15) is 0 Å². The smallest absolute Gasteiger partial charge is 0.0808 e. The molecule has 1 aromatic heterocycles. The van der Waals surface area contributed by atoms with Crippen LogP contribution >= 0.6 is 0 Å². The Morgan fingerprint density at radius 3 is 3.21 bits per heavy atom. The normalized spacial score (nSPS) is 30.7. The number of rotatable bonds is 1. The van der Waals surface area contributed by atoms with E-state index in [1.807, 2.05) is 0 Å². The van der Waals surface area contributed by atoms with Gasteiger partial charge >= 0.3 is 0 Å². The fourth-order valence-electron chi connectivity index (χ4n) is 2.98. The SMILES string of the molecule is CN1C2CCC1c1c(CN)n[nH]c1C2. The van der Waals surface area contributed by atoms with Crippen LogP contribution in [0.25, 0.3) is 0 Å². The highest BCUT2D eigenvalue weighted by molar-refractivity contribution is 5.34. The van der Waals surface area contributed by atoms with Gasteiger partial charge in [0.15, 0.2) is 0 Å². The molecule has 4 nitrogen and oxygen atoms in total. The molecule has 1 saturated heterocycles. The van der Waals surface area contributed by atoms with E-state index in [1.54, 1.807) is 0 Å². The van der Waals surface area contributed by atoms with Gasteiger partial charge in [0.1, 0.15) is 0 Å². The highest BCUT2D eigenvalue weighted by atomic mass is 15.2. The minimum atomic E-state index is 0.556. The molecule has 1 fully saturated rings. The Kier molecular flexibility index (Phi) is 1.69. The number of nitrogens with zero attached hydrogens (tertiary/aromatic N) is 2. The van der Waals surface area contributed by atoms with Crippen LogP contribution in [-0.2, 0) is 13.0 Å². The molecule has 2 unspecified atom stereocenters. The summed E-state index contributed by atoms with van der Waals surface area (Å²) in [6, 6.07) is 1.29. The molecule has 14 heavy (non-hydrogen) atoms. The highest BCUT2D eigenvalue weighted by Crippen LogP contribution is 2.42. The standard InChI is InChI=1S/C10H16N4/c1-14-6-2-3-9(14)10-7(4-6)12-13-8(10)5-11/h6,9H,2-5,11H2,1H3,(H,12,13). The first-order chi connectivity index (χ1) is 6.81. The van der Waals surface area contributed by atoms with Crippen LogP contribution in [0.15, 0.2) is 0 Å². The van der Waals surface area contributed by atoms with Crippen LogP contribution in [0.1, 0.15) is 35.8 Å². The van der Waals surface area contributed by atoms with Gasteiger partial charge in [-0.1, -0.05) is 0 Å². The summed E-state index contributed by atoms with van der Waals surface area (Å²) >= 11 is 0. The molecule has 0 amide bonds. The van der Waals surface area contributed by atoms with Crippen LogP contribution in [0.4, 0.5) is 0 Å². The predicted molar refractivity (Wildman–Crippen MR) is 53.7 cm³/mol. The van der Waals surface area contributed by atoms with Crippen molar-refractivity contribution in [2.24, 2.45) is 5.73 Å². The zero-order valence-electron chi connectivity index (χ0n) is 8.45. The van der Waals surface area contributed by atoms with Crippen molar-refractivity contribution in [2.75, 3.05) is 7.05 Å². The van der Waals surface area contributed by atoms with Gasteiger partial charge in [-0.3, -0.25) is 10.00 Å². The average Bonchev–Trinajstić information content (AvgIpc) is 2.68. The molecule has 2 aliphatic heterocycles. The van der Waals surface area contributed by atoms with Crippen molar-refractivity contribution in [2.45, 2.75) is 37.9 Å². The minimum absolute atomic E-state index is 0.556. The summed E-state index contributed by atoms with van der Waals surface area (Å²) in [7, 11) is 2.22. The molecule has 2 bridgehead atoms. The number of nitrogens with one attached hydrogen (secondary N) is 1. The van der Waals surface area contributed by atoms with Crippen molar-refractivity contribution >= 4 is 0 Å². The Morgan fingerprint density at radius 2 is 2.43 bits per heavy atom. The molecule has 4 heteroatoms. The summed E-state index contributed by atoms with van der Waals surface area (Å²) in [6.45, 7) is 0.556. The molecule has 3 heterocycles. The second kappa shape index (κ2) is 2.81. The number of likely N-dealkylation sites (N-methyl/N-ethyl adjacent to an activating group) is 1. The molecule has 0 aliphatic carbocycles. The average molecular weight is 192 g/mol. The van der Waals surface area contributed by atoms with Gasteiger partial charge in [-0.25, -0.2) is 0 Å². The van der Waals surface area contributed by atoms with Gasteiger partial charge in [-0.2, -0.15) is 5.10 Å². The lowest BCUT2D eigenvalue weighted by atomic mass is 9.98. The quantitative estimate of drug-likeness (QED) is 0.683. The topological polar surface area (TPSA) is 57.9 Å². The molecule has 1 aromatic rings. The molecule has 3 N–H and O–H groups in total. The number of aromatic nitrogens is 2. The first-order valence-corrected chi connectivity index (χ1v) is 5.29. The van der Waals surface area contributed by atoms with E-state index >= 15 is 0 Å². The summed E-state index contributed by atoms with van der Waals surface area (Å²) in [5.41, 5.74) is 9.48. The van der Waals surface area contributed by atoms with E-state index in [-0.39, 0.29) is 0 Å². The first kappa shape index (κ1) is 8.44. The third-order valence-corrected chi connectivity index (χ3v) is 3.77. The van der Waals surface area contributed by atoms with E-state index in [0.29, 0.717) is 12.6 Å². The van der Waals surface area contributed by atoms with Crippen molar-refractivity contribution in [1.82, 2.24) is 15.1 Å². The molecule has 0 radical (unpaired) electrons. The van der Waals surface area contributed by atoms with Crippen molar-refractivity contribution in [3.05, 3.63) is 17.0 Å². The summed E-state index contributed by atoms with van der Waals surface area (Å²) in [5.74, 6) is 0. The molecule has 3 rings (SSSR count). The van der Waals surface area contributed by atoms with Gasteiger partial charge < -0.3 is 5.73 Å². The molecule has 0 saturated carbocycles. The number of nitrogens with two attached hydrogens (primary N) is 1. The lowest BCUT2D eigenvalue weighted by molar-refractivity contribution is 0.222. The zero-order chi connectivity index (χ0) is 9.71. The Balaban J connectivity index is 2.10. The summed E-state index contributed by atoms with van der Waals surface area (Å²) < 4.78 is 0. The maximum absolute atomic E-state index is 5.69. The number of hydrogen-bond donors (Lipinski definition) is 2. The fourth-order valence-corrected chi connectivity index (χ4v) is 2.98. The lowest BCUT2D eigenvalue weighted by Gasteiger charge is -2.31. The van der Waals surface area contributed by atoms with Crippen LogP contribution < -0.4 is 5.73 Å². The van der Waals surface area contributed by atoms with E-state index in [2.05, 4.69) is 22.1 Å². The van der Waals surface area contributed by atoms with Crippen LogP contribution in [0.3, 0.4) is 0 Å². The second-order valence-electron chi connectivity index (χ2n) is 4.38. The van der Waals surface area contributed by atoms with E-state index in [0.717, 1.165) is 18.2 Å². The van der Waals surface area contributed by atoms with Gasteiger partial charge in [0.05, 0.1) is 5.69 Å². The number of fused-ring (bicyclic) bond motifs is 4. The molecule has 2 aliphatic rings. The molecule has 2 atom stereocenters. The van der Waals surface area contributed by atoms with Gasteiger partial charge in [0.25, 0.3) is 0 Å². The second-order valence-corrected chi connectivity index (χ2v) is 4.38. The Morgan fingerprint density at radius 1 is 1.57 bits per heavy atom. The molecule has 0 aromatic carbocycles. The first-order valence-electron chi connectivity index (χ1n) is 5.29. The van der Waals surface area contributed by atoms with E-state index in [4.69, 9.17) is 5.73 Å². The number of H-pyrrole nitrogens is 1. The van der Waals surface area contributed by atoms with Crippen LogP contribution in [0.5, 0.6) is 0 Å². The molecule has 76 valence electrons. The van der Waals surface area contributed by atoms with Gasteiger partial charge in [0, 0.05) is 36.3 Å². The third-order valence-electron chi connectivity index (χ3n) is 3.77. The Labute approximate surface area is 83.5 Å². The predicted octanol–water partition coefficient (Wildman–Crippen LogP) is 0.560. The van der Waals surface area contributed by atoms with Crippen molar-refractivity contribution in [3.63, 3.8) is 0 Å². The van der Waals surface area contributed by atoms with Gasteiger partial charge in [-0.15, -0.1) is 0 Å². The largest absolute Gasteiger partial charge is 0.325 e. The minimum Gasteiger partial charge on any atom is -0.325 e. The van der Waals surface area contributed by atoms with Crippen LogP contribution in [-0.4, -0.2) is 28.2 Å². The monoisotopic (exact) mass is 192 g/mol. The summed E-state index contributed by atoms with van der Waals surface area (Å²) in [4.78, 5) is 2.48. The van der Waals surface area contributed by atoms with Crippen molar-refractivity contribution < 1.29 is 0 Å². The van der Waals surface area contributed by atoms with Crippen LogP contribution in [0.2, 0.25) is 0 Å².